The third-order valence-corrected chi connectivity index (χ3v) is 1.91. The van der Waals surface area contributed by atoms with Crippen molar-refractivity contribution >= 4 is 6.01 Å². The Morgan fingerprint density at radius 3 is 2.87 bits per heavy atom. The van der Waals surface area contributed by atoms with Crippen LogP contribution in [0.2, 0.25) is 0 Å². The molecule has 0 spiro atoms. The third-order valence-electron chi connectivity index (χ3n) is 1.91. The molecule has 5 heteroatoms. The minimum atomic E-state index is -0.0974. The topological polar surface area (TPSA) is 58.7 Å². The van der Waals surface area contributed by atoms with Crippen molar-refractivity contribution in [2.45, 2.75) is 26.6 Å². The smallest absolute Gasteiger partial charge is 0.297 e. The Hall–Kier alpha value is -1.07. The Bertz CT molecular complexity index is 286. The van der Waals surface area contributed by atoms with Crippen molar-refractivity contribution in [3.05, 3.63) is 12.0 Å². The molecule has 15 heavy (non-hydrogen) atoms. The standard InChI is InChI=1S/C10H18N2O3/c1-8(2)14-5-4-12(3)10-11-9(6-13)7-15-10/h7-8,13H,4-6H2,1-3H3. The second kappa shape index (κ2) is 5.72. The number of aromatic nitrogens is 1. The maximum Gasteiger partial charge on any atom is 0.297 e. The SMILES string of the molecule is CC(C)OCCN(C)c1nc(CO)co1. The van der Waals surface area contributed by atoms with Gasteiger partial charge in [0, 0.05) is 13.6 Å². The number of aliphatic hydroxyl groups excluding tert-OH is 1. The molecule has 0 aliphatic rings. The Morgan fingerprint density at radius 1 is 1.60 bits per heavy atom. The highest BCUT2D eigenvalue weighted by molar-refractivity contribution is 5.24. The van der Waals surface area contributed by atoms with Gasteiger partial charge in [-0.2, -0.15) is 4.98 Å². The number of hydrogen-bond donors (Lipinski definition) is 1. The molecule has 0 radical (unpaired) electrons. The molecule has 5 nitrogen and oxygen atoms in total. The fourth-order valence-corrected chi connectivity index (χ4v) is 1.07. The van der Waals surface area contributed by atoms with Crippen LogP contribution < -0.4 is 4.90 Å². The largest absolute Gasteiger partial charge is 0.432 e. The highest BCUT2D eigenvalue weighted by Gasteiger charge is 2.08. The van der Waals surface area contributed by atoms with E-state index in [1.165, 1.54) is 6.26 Å². The van der Waals surface area contributed by atoms with Gasteiger partial charge in [-0.15, -0.1) is 0 Å². The van der Waals surface area contributed by atoms with Gasteiger partial charge in [0.05, 0.1) is 19.3 Å². The van der Waals surface area contributed by atoms with Crippen LogP contribution in [0.4, 0.5) is 6.01 Å². The van der Waals surface area contributed by atoms with Crippen LogP contribution in [-0.2, 0) is 11.3 Å². The van der Waals surface area contributed by atoms with E-state index in [0.717, 1.165) is 0 Å². The van der Waals surface area contributed by atoms with Crippen molar-refractivity contribution in [3.8, 4) is 0 Å². The molecule has 0 aliphatic heterocycles. The zero-order chi connectivity index (χ0) is 11.3. The van der Waals surface area contributed by atoms with E-state index in [2.05, 4.69) is 4.98 Å². The Kier molecular flexibility index (Phi) is 4.58. The van der Waals surface area contributed by atoms with E-state index < -0.39 is 0 Å². The number of ether oxygens (including phenoxy) is 1. The number of hydrogen-bond acceptors (Lipinski definition) is 5. The first-order chi connectivity index (χ1) is 7.13. The maximum absolute atomic E-state index is 8.82. The number of nitrogens with zero attached hydrogens (tertiary/aromatic N) is 2. The molecular weight excluding hydrogens is 196 g/mol. The summed E-state index contributed by atoms with van der Waals surface area (Å²) in [5.74, 6) is 0. The number of aliphatic hydroxyl groups is 1. The van der Waals surface area contributed by atoms with Crippen molar-refractivity contribution in [2.75, 3.05) is 25.1 Å². The predicted octanol–water partition coefficient (Wildman–Crippen LogP) is 1.03. The van der Waals surface area contributed by atoms with Crippen LogP contribution in [0.3, 0.4) is 0 Å². The second-order valence-corrected chi connectivity index (χ2v) is 3.62. The molecule has 0 amide bonds. The molecule has 1 rings (SSSR count). The van der Waals surface area contributed by atoms with Gasteiger partial charge in [0.1, 0.15) is 12.0 Å². The van der Waals surface area contributed by atoms with Crippen LogP contribution in [0.1, 0.15) is 19.5 Å². The van der Waals surface area contributed by atoms with Gasteiger partial charge in [0.25, 0.3) is 6.01 Å². The van der Waals surface area contributed by atoms with Crippen LogP contribution in [0.5, 0.6) is 0 Å². The van der Waals surface area contributed by atoms with Crippen LogP contribution >= 0.6 is 0 Å². The normalized spacial score (nSPS) is 11.0. The molecule has 1 heterocycles. The van der Waals surface area contributed by atoms with Crippen LogP contribution in [-0.4, -0.2) is 36.4 Å². The van der Waals surface area contributed by atoms with Crippen molar-refractivity contribution in [3.63, 3.8) is 0 Å². The molecule has 0 atom stereocenters. The van der Waals surface area contributed by atoms with Crippen LogP contribution in [0, 0.1) is 0 Å². The summed E-state index contributed by atoms with van der Waals surface area (Å²) in [7, 11) is 1.87. The molecule has 0 bridgehead atoms. The van der Waals surface area contributed by atoms with Gasteiger partial charge in [-0.05, 0) is 13.8 Å². The minimum absolute atomic E-state index is 0.0974. The van der Waals surface area contributed by atoms with Gasteiger partial charge >= 0.3 is 0 Å². The Labute approximate surface area is 89.7 Å². The van der Waals surface area contributed by atoms with E-state index in [1.807, 2.05) is 25.8 Å². The fourth-order valence-electron chi connectivity index (χ4n) is 1.07. The number of likely N-dealkylation sites (N-methyl/N-ethyl adjacent to an activating group) is 1. The summed E-state index contributed by atoms with van der Waals surface area (Å²) >= 11 is 0. The Morgan fingerprint density at radius 2 is 2.33 bits per heavy atom. The lowest BCUT2D eigenvalue weighted by atomic mass is 10.5. The average Bonchev–Trinajstić information content (AvgIpc) is 2.65. The minimum Gasteiger partial charge on any atom is -0.432 e. The molecule has 1 N–H and O–H groups in total. The lowest BCUT2D eigenvalue weighted by Crippen LogP contribution is -2.24. The summed E-state index contributed by atoms with van der Waals surface area (Å²) < 4.78 is 10.6. The van der Waals surface area contributed by atoms with Gasteiger partial charge in [0.2, 0.25) is 0 Å². The van der Waals surface area contributed by atoms with Crippen molar-refractivity contribution in [2.24, 2.45) is 0 Å². The molecule has 0 saturated heterocycles. The zero-order valence-electron chi connectivity index (χ0n) is 9.43. The van der Waals surface area contributed by atoms with Gasteiger partial charge in [-0.1, -0.05) is 0 Å². The van der Waals surface area contributed by atoms with E-state index in [9.17, 15) is 0 Å². The first-order valence-corrected chi connectivity index (χ1v) is 5.01. The van der Waals surface area contributed by atoms with Gasteiger partial charge in [0.15, 0.2) is 0 Å². The molecule has 1 aromatic rings. The second-order valence-electron chi connectivity index (χ2n) is 3.62. The molecular formula is C10H18N2O3. The molecule has 0 aliphatic carbocycles. The maximum atomic E-state index is 8.82. The van der Waals surface area contributed by atoms with Crippen LogP contribution in [0.25, 0.3) is 0 Å². The molecule has 86 valence electrons. The summed E-state index contributed by atoms with van der Waals surface area (Å²) in [4.78, 5) is 5.93. The van der Waals surface area contributed by atoms with Gasteiger partial charge < -0.3 is 19.2 Å². The highest BCUT2D eigenvalue weighted by atomic mass is 16.5. The van der Waals surface area contributed by atoms with Crippen molar-refractivity contribution in [1.82, 2.24) is 4.98 Å². The quantitative estimate of drug-likeness (QED) is 0.766. The molecule has 0 unspecified atom stereocenters. The predicted molar refractivity (Wildman–Crippen MR) is 56.8 cm³/mol. The van der Waals surface area contributed by atoms with E-state index in [-0.39, 0.29) is 12.7 Å². The Balaban J connectivity index is 2.36. The summed E-state index contributed by atoms with van der Waals surface area (Å²) in [6.07, 6.45) is 1.69. The summed E-state index contributed by atoms with van der Waals surface area (Å²) in [5, 5.41) is 8.82. The van der Waals surface area contributed by atoms with Gasteiger partial charge in [-0.25, -0.2) is 0 Å². The summed E-state index contributed by atoms with van der Waals surface area (Å²) in [5.41, 5.74) is 0.543. The van der Waals surface area contributed by atoms with Crippen molar-refractivity contribution in [1.29, 1.82) is 0 Å². The molecule has 0 fully saturated rings. The zero-order valence-corrected chi connectivity index (χ0v) is 9.43. The van der Waals surface area contributed by atoms with E-state index in [0.29, 0.717) is 24.9 Å². The van der Waals surface area contributed by atoms with Gasteiger partial charge in [-0.3, -0.25) is 0 Å². The summed E-state index contributed by atoms with van der Waals surface area (Å²) in [6, 6.07) is 0.506. The highest BCUT2D eigenvalue weighted by Crippen LogP contribution is 2.11. The fraction of sp³-hybridized carbons (Fsp3) is 0.700. The van der Waals surface area contributed by atoms with Crippen molar-refractivity contribution < 1.29 is 14.3 Å². The third kappa shape index (κ3) is 3.89. The van der Waals surface area contributed by atoms with Crippen LogP contribution in [0.15, 0.2) is 10.7 Å². The number of oxazole rings is 1. The first-order valence-electron chi connectivity index (χ1n) is 5.01. The number of rotatable bonds is 6. The molecule has 1 aromatic heterocycles. The lowest BCUT2D eigenvalue weighted by Gasteiger charge is -2.15. The monoisotopic (exact) mass is 214 g/mol. The summed E-state index contributed by atoms with van der Waals surface area (Å²) in [6.45, 7) is 5.23. The lowest BCUT2D eigenvalue weighted by molar-refractivity contribution is 0.0841. The van der Waals surface area contributed by atoms with E-state index >= 15 is 0 Å². The number of anilines is 1. The average molecular weight is 214 g/mol. The van der Waals surface area contributed by atoms with E-state index in [1.54, 1.807) is 0 Å². The van der Waals surface area contributed by atoms with E-state index in [4.69, 9.17) is 14.3 Å². The molecule has 0 saturated carbocycles. The first kappa shape index (κ1) is 12.0. The molecule has 0 aromatic carbocycles.